The van der Waals surface area contributed by atoms with E-state index in [0.717, 1.165) is 16.0 Å². The van der Waals surface area contributed by atoms with Crippen LogP contribution in [0.3, 0.4) is 0 Å². The number of carbonyl (C=O) groups is 1. The predicted octanol–water partition coefficient (Wildman–Crippen LogP) is 5.18. The summed E-state index contributed by atoms with van der Waals surface area (Å²) in [6.45, 7) is 0.357. The van der Waals surface area contributed by atoms with Crippen LogP contribution in [0, 0.1) is 0 Å². The molecule has 3 rings (SSSR count). The van der Waals surface area contributed by atoms with Gasteiger partial charge in [0.2, 0.25) is 0 Å². The van der Waals surface area contributed by atoms with Crippen LogP contribution in [0.5, 0.6) is 0 Å². The Hall–Kier alpha value is -2.34. The van der Waals surface area contributed by atoms with Gasteiger partial charge in [-0.25, -0.2) is 4.79 Å². The van der Waals surface area contributed by atoms with Crippen LogP contribution >= 0.6 is 22.9 Å². The Morgan fingerprint density at radius 2 is 1.59 bits per heavy atom. The molecule has 1 heterocycles. The van der Waals surface area contributed by atoms with Gasteiger partial charge >= 0.3 is 6.03 Å². The average Bonchev–Trinajstić information content (AvgIpc) is 3.14. The molecule has 0 radical (unpaired) electrons. The summed E-state index contributed by atoms with van der Waals surface area (Å²) in [6.07, 6.45) is -0.236. The number of hydrogen-bond acceptors (Lipinski definition) is 3. The molecule has 27 heavy (non-hydrogen) atoms. The highest BCUT2D eigenvalue weighted by molar-refractivity contribution is 7.16. The molecule has 2 aromatic carbocycles. The molecule has 0 aliphatic rings. The standard InChI is InChI=1S/C21H21ClN2O2S/c1-26-17(18-12-13-19(22)27-18)14-23-21(25)24-20(15-8-4-2-5-9-15)16-10-6-3-7-11-16/h2-13,17,20H,14H2,1H3,(H2,23,24,25)/t17-/m1/s1. The molecule has 0 fully saturated rings. The summed E-state index contributed by atoms with van der Waals surface area (Å²) in [6, 6.07) is 23.0. The first kappa shape index (κ1) is 19.4. The normalized spacial score (nSPS) is 12.0. The summed E-state index contributed by atoms with van der Waals surface area (Å²) in [5.74, 6) is 0. The molecular weight excluding hydrogens is 380 g/mol. The lowest BCUT2D eigenvalue weighted by Crippen LogP contribution is -2.40. The van der Waals surface area contributed by atoms with Gasteiger partial charge < -0.3 is 15.4 Å². The number of nitrogens with one attached hydrogen (secondary N) is 2. The number of ether oxygens (including phenoxy) is 1. The van der Waals surface area contributed by atoms with Crippen molar-refractivity contribution in [1.82, 2.24) is 10.6 Å². The molecule has 1 atom stereocenters. The van der Waals surface area contributed by atoms with Gasteiger partial charge in [0, 0.05) is 12.0 Å². The van der Waals surface area contributed by atoms with Gasteiger partial charge in [-0.1, -0.05) is 72.3 Å². The molecule has 4 nitrogen and oxygen atoms in total. The molecule has 3 aromatic rings. The van der Waals surface area contributed by atoms with Gasteiger partial charge in [-0.15, -0.1) is 11.3 Å². The van der Waals surface area contributed by atoms with Crippen LogP contribution in [0.25, 0.3) is 0 Å². The molecule has 6 heteroatoms. The molecule has 140 valence electrons. The van der Waals surface area contributed by atoms with Gasteiger partial charge in [-0.3, -0.25) is 0 Å². The number of carbonyl (C=O) groups excluding carboxylic acids is 1. The van der Waals surface area contributed by atoms with Gasteiger partial charge in [0.25, 0.3) is 0 Å². The molecule has 0 saturated heterocycles. The minimum atomic E-state index is -0.252. The van der Waals surface area contributed by atoms with Crippen LogP contribution in [0.4, 0.5) is 4.79 Å². The summed E-state index contributed by atoms with van der Waals surface area (Å²) >= 11 is 7.44. The molecule has 0 unspecified atom stereocenters. The van der Waals surface area contributed by atoms with Crippen molar-refractivity contribution in [2.24, 2.45) is 0 Å². The molecule has 2 amide bonds. The third kappa shape index (κ3) is 5.32. The van der Waals surface area contributed by atoms with Crippen molar-refractivity contribution < 1.29 is 9.53 Å². The van der Waals surface area contributed by atoms with E-state index in [1.807, 2.05) is 72.8 Å². The van der Waals surface area contributed by atoms with Crippen molar-refractivity contribution in [2.45, 2.75) is 12.1 Å². The zero-order chi connectivity index (χ0) is 19.1. The third-order valence-electron chi connectivity index (χ3n) is 4.19. The minimum Gasteiger partial charge on any atom is -0.374 e. The Kier molecular flexibility index (Phi) is 6.87. The van der Waals surface area contributed by atoms with Crippen molar-refractivity contribution in [2.75, 3.05) is 13.7 Å². The van der Waals surface area contributed by atoms with Crippen LogP contribution in [-0.4, -0.2) is 19.7 Å². The maximum Gasteiger partial charge on any atom is 0.315 e. The molecule has 0 aliphatic carbocycles. The molecule has 0 bridgehead atoms. The predicted molar refractivity (Wildman–Crippen MR) is 110 cm³/mol. The van der Waals surface area contributed by atoms with Crippen molar-refractivity contribution in [3.05, 3.63) is 93.1 Å². The van der Waals surface area contributed by atoms with Crippen molar-refractivity contribution in [3.8, 4) is 0 Å². The monoisotopic (exact) mass is 400 g/mol. The Balaban J connectivity index is 1.68. The van der Waals surface area contributed by atoms with E-state index in [1.165, 1.54) is 11.3 Å². The topological polar surface area (TPSA) is 50.4 Å². The second-order valence-electron chi connectivity index (χ2n) is 5.97. The molecule has 0 aliphatic heterocycles. The Morgan fingerprint density at radius 1 is 1.00 bits per heavy atom. The zero-order valence-electron chi connectivity index (χ0n) is 14.9. The highest BCUT2D eigenvalue weighted by Crippen LogP contribution is 2.28. The summed E-state index contributed by atoms with van der Waals surface area (Å²) in [4.78, 5) is 13.5. The zero-order valence-corrected chi connectivity index (χ0v) is 16.5. The fourth-order valence-corrected chi connectivity index (χ4v) is 3.96. The van der Waals surface area contributed by atoms with E-state index in [4.69, 9.17) is 16.3 Å². The second kappa shape index (κ2) is 9.55. The number of urea groups is 1. The molecule has 2 N–H and O–H groups in total. The lowest BCUT2D eigenvalue weighted by molar-refractivity contribution is 0.106. The Labute approximate surface area is 168 Å². The smallest absolute Gasteiger partial charge is 0.315 e. The minimum absolute atomic E-state index is 0.232. The van der Waals surface area contributed by atoms with Gasteiger partial charge in [0.1, 0.15) is 6.10 Å². The number of methoxy groups -OCH3 is 1. The molecule has 0 spiro atoms. The van der Waals surface area contributed by atoms with E-state index in [2.05, 4.69) is 10.6 Å². The third-order valence-corrected chi connectivity index (χ3v) is 5.51. The number of thiophene rings is 1. The summed E-state index contributed by atoms with van der Waals surface area (Å²) in [5.41, 5.74) is 2.04. The highest BCUT2D eigenvalue weighted by atomic mass is 35.5. The lowest BCUT2D eigenvalue weighted by atomic mass is 9.99. The first-order valence-corrected chi connectivity index (χ1v) is 9.79. The quantitative estimate of drug-likeness (QED) is 0.574. The van der Waals surface area contributed by atoms with Crippen LogP contribution in [0.15, 0.2) is 72.8 Å². The number of benzene rings is 2. The highest BCUT2D eigenvalue weighted by Gasteiger charge is 2.18. The summed E-state index contributed by atoms with van der Waals surface area (Å²) < 4.78 is 6.18. The number of hydrogen-bond donors (Lipinski definition) is 2. The fourth-order valence-electron chi connectivity index (χ4n) is 2.82. The van der Waals surface area contributed by atoms with Crippen LogP contribution in [-0.2, 0) is 4.74 Å². The largest absolute Gasteiger partial charge is 0.374 e. The van der Waals surface area contributed by atoms with Crippen LogP contribution in [0.2, 0.25) is 4.34 Å². The molecule has 1 aromatic heterocycles. The average molecular weight is 401 g/mol. The van der Waals surface area contributed by atoms with E-state index < -0.39 is 0 Å². The van der Waals surface area contributed by atoms with E-state index in [0.29, 0.717) is 10.9 Å². The van der Waals surface area contributed by atoms with E-state index in [1.54, 1.807) is 7.11 Å². The number of rotatable bonds is 7. The summed E-state index contributed by atoms with van der Waals surface area (Å²) in [5, 5.41) is 5.96. The first-order chi connectivity index (χ1) is 13.2. The van der Waals surface area contributed by atoms with E-state index in [-0.39, 0.29) is 18.2 Å². The van der Waals surface area contributed by atoms with Gasteiger partial charge in [0.15, 0.2) is 0 Å². The van der Waals surface area contributed by atoms with E-state index in [9.17, 15) is 4.79 Å². The maximum absolute atomic E-state index is 12.6. The Morgan fingerprint density at radius 3 is 2.07 bits per heavy atom. The Bertz CT molecular complexity index is 815. The van der Waals surface area contributed by atoms with E-state index >= 15 is 0 Å². The SMILES string of the molecule is CO[C@H](CNC(=O)NC(c1ccccc1)c1ccccc1)c1ccc(Cl)s1. The molecule has 0 saturated carbocycles. The maximum atomic E-state index is 12.6. The van der Waals surface area contributed by atoms with Crippen LogP contribution < -0.4 is 10.6 Å². The van der Waals surface area contributed by atoms with Crippen molar-refractivity contribution >= 4 is 29.0 Å². The number of halogens is 1. The van der Waals surface area contributed by atoms with Gasteiger partial charge in [0.05, 0.1) is 16.9 Å². The fraction of sp³-hybridized carbons (Fsp3) is 0.190. The molecular formula is C21H21ClN2O2S. The van der Waals surface area contributed by atoms with Gasteiger partial charge in [-0.2, -0.15) is 0 Å². The first-order valence-electron chi connectivity index (χ1n) is 8.59. The summed E-state index contributed by atoms with van der Waals surface area (Å²) in [7, 11) is 1.62. The number of amides is 2. The second-order valence-corrected chi connectivity index (χ2v) is 7.72. The van der Waals surface area contributed by atoms with Crippen molar-refractivity contribution in [1.29, 1.82) is 0 Å². The van der Waals surface area contributed by atoms with Crippen molar-refractivity contribution in [3.63, 3.8) is 0 Å². The van der Waals surface area contributed by atoms with Gasteiger partial charge in [-0.05, 0) is 23.3 Å². The lowest BCUT2D eigenvalue weighted by Gasteiger charge is -2.21. The van der Waals surface area contributed by atoms with Crippen LogP contribution in [0.1, 0.15) is 28.1 Å².